The van der Waals surface area contributed by atoms with Crippen LogP contribution in [0.1, 0.15) is 6.92 Å². The first kappa shape index (κ1) is 17.5. The SMILES string of the molecule is CCn1c2ccccc2n2c(SCCn3c(=S)n(C)c4ccccc43)nnc12. The van der Waals surface area contributed by atoms with Gasteiger partial charge in [-0.15, -0.1) is 10.2 Å². The van der Waals surface area contributed by atoms with E-state index in [4.69, 9.17) is 12.2 Å². The summed E-state index contributed by atoms with van der Waals surface area (Å²) in [6, 6.07) is 16.7. The maximum absolute atomic E-state index is 5.65. The summed E-state index contributed by atoms with van der Waals surface area (Å²) < 4.78 is 9.47. The van der Waals surface area contributed by atoms with Crippen molar-refractivity contribution in [1.29, 1.82) is 0 Å². The van der Waals surface area contributed by atoms with Crippen LogP contribution in [-0.2, 0) is 20.1 Å². The molecule has 0 saturated heterocycles. The average Bonchev–Trinajstić information content (AvgIpc) is 3.35. The van der Waals surface area contributed by atoms with Crippen molar-refractivity contribution in [3.63, 3.8) is 0 Å². The Morgan fingerprint density at radius 1 is 0.893 bits per heavy atom. The van der Waals surface area contributed by atoms with E-state index in [9.17, 15) is 0 Å². The molecule has 0 radical (unpaired) electrons. The van der Waals surface area contributed by atoms with Crippen LogP contribution in [0.15, 0.2) is 53.7 Å². The molecule has 0 N–H and O–H groups in total. The van der Waals surface area contributed by atoms with Gasteiger partial charge in [0, 0.05) is 25.9 Å². The van der Waals surface area contributed by atoms with Gasteiger partial charge in [0.1, 0.15) is 0 Å². The van der Waals surface area contributed by atoms with E-state index in [1.54, 1.807) is 11.8 Å². The van der Waals surface area contributed by atoms with Crippen LogP contribution in [0.3, 0.4) is 0 Å². The van der Waals surface area contributed by atoms with Crippen molar-refractivity contribution < 1.29 is 0 Å². The molecule has 142 valence electrons. The van der Waals surface area contributed by atoms with Crippen LogP contribution >= 0.6 is 24.0 Å². The van der Waals surface area contributed by atoms with Crippen molar-refractivity contribution in [2.24, 2.45) is 7.05 Å². The lowest BCUT2D eigenvalue weighted by Gasteiger charge is -2.04. The molecule has 3 aromatic heterocycles. The monoisotopic (exact) mass is 408 g/mol. The topological polar surface area (TPSA) is 45.0 Å². The second kappa shape index (κ2) is 6.79. The molecule has 5 aromatic rings. The largest absolute Gasteiger partial charge is 0.320 e. The van der Waals surface area contributed by atoms with Gasteiger partial charge >= 0.3 is 0 Å². The third-order valence-corrected chi connectivity index (χ3v) is 6.59. The highest BCUT2D eigenvalue weighted by atomic mass is 32.2. The number of para-hydroxylation sites is 4. The molecular weight excluding hydrogens is 388 g/mol. The van der Waals surface area contributed by atoms with E-state index in [2.05, 4.69) is 77.7 Å². The van der Waals surface area contributed by atoms with Crippen LogP contribution in [-0.4, -0.2) is 34.1 Å². The lowest BCUT2D eigenvalue weighted by atomic mass is 10.3. The fourth-order valence-corrected chi connectivity index (χ4v) is 5.00. The molecule has 0 spiro atoms. The third-order valence-electron chi connectivity index (χ3n) is 5.19. The van der Waals surface area contributed by atoms with Crippen LogP contribution in [0, 0.1) is 4.77 Å². The zero-order chi connectivity index (χ0) is 19.3. The molecule has 0 aliphatic heterocycles. The number of hydrogen-bond acceptors (Lipinski definition) is 4. The maximum atomic E-state index is 5.65. The molecule has 8 heteroatoms. The predicted octanol–water partition coefficient (Wildman–Crippen LogP) is 4.52. The molecule has 0 bridgehead atoms. The van der Waals surface area contributed by atoms with E-state index in [0.29, 0.717) is 0 Å². The Kier molecular flexibility index (Phi) is 4.25. The summed E-state index contributed by atoms with van der Waals surface area (Å²) in [7, 11) is 2.02. The van der Waals surface area contributed by atoms with Gasteiger partial charge < -0.3 is 13.7 Å². The number of benzene rings is 2. The highest BCUT2D eigenvalue weighted by Gasteiger charge is 2.16. The molecule has 0 saturated carbocycles. The van der Waals surface area contributed by atoms with Crippen LogP contribution in [0.2, 0.25) is 0 Å². The Balaban J connectivity index is 1.48. The summed E-state index contributed by atoms with van der Waals surface area (Å²) in [4.78, 5) is 0. The van der Waals surface area contributed by atoms with Gasteiger partial charge in [0.25, 0.3) is 0 Å². The number of rotatable bonds is 5. The standard InChI is InChI=1S/C20H20N6S2/c1-3-24-16-10-6-7-11-17(16)26-18(24)21-22-19(26)28-13-12-25-15-9-5-4-8-14(15)23(2)20(25)27/h4-11H,3,12-13H2,1-2H3. The Bertz CT molecular complexity index is 1370. The molecule has 0 fully saturated rings. The highest BCUT2D eigenvalue weighted by molar-refractivity contribution is 7.99. The number of aryl methyl sites for hydroxylation is 3. The molecule has 6 nitrogen and oxygen atoms in total. The number of aromatic nitrogens is 6. The van der Waals surface area contributed by atoms with Crippen LogP contribution in [0.25, 0.3) is 27.8 Å². The summed E-state index contributed by atoms with van der Waals surface area (Å²) in [6.07, 6.45) is 0. The summed E-state index contributed by atoms with van der Waals surface area (Å²) in [5, 5.41) is 9.82. The van der Waals surface area contributed by atoms with E-state index < -0.39 is 0 Å². The van der Waals surface area contributed by atoms with Gasteiger partial charge in [0.2, 0.25) is 5.78 Å². The van der Waals surface area contributed by atoms with Crippen molar-refractivity contribution >= 4 is 51.8 Å². The van der Waals surface area contributed by atoms with Crippen molar-refractivity contribution in [3.8, 4) is 0 Å². The van der Waals surface area contributed by atoms with E-state index in [1.807, 2.05) is 13.1 Å². The zero-order valence-electron chi connectivity index (χ0n) is 15.7. The van der Waals surface area contributed by atoms with Gasteiger partial charge in [-0.2, -0.15) is 0 Å². The molecule has 0 aliphatic carbocycles. The Morgan fingerprint density at radius 2 is 1.54 bits per heavy atom. The normalized spacial score (nSPS) is 11.9. The van der Waals surface area contributed by atoms with E-state index in [-0.39, 0.29) is 0 Å². The fourth-order valence-electron chi connectivity index (χ4n) is 3.85. The average molecular weight is 409 g/mol. The van der Waals surface area contributed by atoms with E-state index in [1.165, 1.54) is 11.0 Å². The van der Waals surface area contributed by atoms with E-state index >= 15 is 0 Å². The van der Waals surface area contributed by atoms with Crippen molar-refractivity contribution in [2.75, 3.05) is 5.75 Å². The molecule has 3 heterocycles. The van der Waals surface area contributed by atoms with Gasteiger partial charge in [0.15, 0.2) is 9.93 Å². The molecule has 28 heavy (non-hydrogen) atoms. The van der Waals surface area contributed by atoms with Crippen molar-refractivity contribution in [1.82, 2.24) is 28.3 Å². The van der Waals surface area contributed by atoms with Gasteiger partial charge in [-0.1, -0.05) is 36.0 Å². The molecule has 0 atom stereocenters. The molecular formula is C20H20N6S2. The van der Waals surface area contributed by atoms with Gasteiger partial charge in [-0.3, -0.25) is 4.40 Å². The third kappa shape index (κ3) is 2.51. The summed E-state index contributed by atoms with van der Waals surface area (Å²) in [5.41, 5.74) is 4.67. The minimum absolute atomic E-state index is 0.826. The Labute approximate surface area is 171 Å². The quantitative estimate of drug-likeness (QED) is 0.317. The molecule has 5 rings (SSSR count). The minimum Gasteiger partial charge on any atom is -0.320 e. The fraction of sp³-hybridized carbons (Fsp3) is 0.250. The van der Waals surface area contributed by atoms with Gasteiger partial charge in [-0.25, -0.2) is 0 Å². The van der Waals surface area contributed by atoms with Crippen molar-refractivity contribution in [2.45, 2.75) is 25.2 Å². The molecule has 2 aromatic carbocycles. The Morgan fingerprint density at radius 3 is 2.25 bits per heavy atom. The van der Waals surface area contributed by atoms with Gasteiger partial charge in [0.05, 0.1) is 22.1 Å². The van der Waals surface area contributed by atoms with Crippen LogP contribution in [0.5, 0.6) is 0 Å². The zero-order valence-corrected chi connectivity index (χ0v) is 17.4. The second-order valence-electron chi connectivity index (χ2n) is 6.68. The first-order valence-corrected chi connectivity index (χ1v) is 10.7. The highest BCUT2D eigenvalue weighted by Crippen LogP contribution is 2.26. The molecule has 0 unspecified atom stereocenters. The lowest BCUT2D eigenvalue weighted by molar-refractivity contribution is 0.745. The Hall–Kier alpha value is -2.58. The maximum Gasteiger partial charge on any atom is 0.237 e. The van der Waals surface area contributed by atoms with Crippen molar-refractivity contribution in [3.05, 3.63) is 53.3 Å². The number of fused-ring (bicyclic) bond motifs is 4. The van der Waals surface area contributed by atoms with E-state index in [0.717, 1.165) is 45.6 Å². The number of nitrogens with zero attached hydrogens (tertiary/aromatic N) is 6. The summed E-state index contributed by atoms with van der Waals surface area (Å²) in [5.74, 6) is 1.77. The number of thioether (sulfide) groups is 1. The predicted molar refractivity (Wildman–Crippen MR) is 117 cm³/mol. The number of hydrogen-bond donors (Lipinski definition) is 0. The molecule has 0 aliphatic rings. The lowest BCUT2D eigenvalue weighted by Crippen LogP contribution is -2.02. The summed E-state index contributed by atoms with van der Waals surface area (Å²) >= 11 is 7.36. The van der Waals surface area contributed by atoms with Crippen LogP contribution in [0.4, 0.5) is 0 Å². The van der Waals surface area contributed by atoms with Gasteiger partial charge in [-0.05, 0) is 43.4 Å². The van der Waals surface area contributed by atoms with Crippen LogP contribution < -0.4 is 0 Å². The first-order valence-electron chi connectivity index (χ1n) is 9.30. The smallest absolute Gasteiger partial charge is 0.237 e. The summed E-state index contributed by atoms with van der Waals surface area (Å²) in [6.45, 7) is 3.83. The number of imidazole rings is 2. The minimum atomic E-state index is 0.826. The molecule has 0 amide bonds. The second-order valence-corrected chi connectivity index (χ2v) is 8.11. The first-order chi connectivity index (χ1) is 13.7.